The summed E-state index contributed by atoms with van der Waals surface area (Å²) >= 11 is 0. The van der Waals surface area contributed by atoms with E-state index in [0.29, 0.717) is 11.8 Å². The molecule has 2 aromatic carbocycles. The zero-order valence-corrected chi connectivity index (χ0v) is 14.9. The van der Waals surface area contributed by atoms with Crippen molar-refractivity contribution in [1.29, 1.82) is 0 Å². The standard InChI is InChI=1S/C9H8N2O2.C9H8O.C2H6/c1-6-10-11-9(13-6)7-2-4-8(12)5-3-7;1-7-6-8-4-2-3-5-9(8)10-7;1-2/h2-5,12H,1H3;2-6H,1H3;1-2H3. The van der Waals surface area contributed by atoms with Gasteiger partial charge in [-0.15, -0.1) is 10.2 Å². The summed E-state index contributed by atoms with van der Waals surface area (Å²) in [6.07, 6.45) is 0. The summed E-state index contributed by atoms with van der Waals surface area (Å²) in [4.78, 5) is 0. The fraction of sp³-hybridized carbons (Fsp3) is 0.200. The number of para-hydroxylation sites is 1. The van der Waals surface area contributed by atoms with Gasteiger partial charge in [0.1, 0.15) is 17.1 Å². The van der Waals surface area contributed by atoms with E-state index < -0.39 is 0 Å². The third-order valence-corrected chi connectivity index (χ3v) is 3.19. The largest absolute Gasteiger partial charge is 0.508 e. The maximum atomic E-state index is 9.04. The molecule has 5 nitrogen and oxygen atoms in total. The van der Waals surface area contributed by atoms with Crippen LogP contribution in [0.2, 0.25) is 0 Å². The molecule has 0 unspecified atom stereocenters. The molecule has 0 fully saturated rings. The first-order valence-corrected chi connectivity index (χ1v) is 8.16. The van der Waals surface area contributed by atoms with Gasteiger partial charge in [0.25, 0.3) is 0 Å². The third kappa shape index (κ3) is 4.94. The van der Waals surface area contributed by atoms with E-state index in [1.807, 2.05) is 51.1 Å². The van der Waals surface area contributed by atoms with Gasteiger partial charge in [-0.2, -0.15) is 0 Å². The molecule has 2 heterocycles. The Morgan fingerprint density at radius 1 is 0.840 bits per heavy atom. The van der Waals surface area contributed by atoms with Crippen LogP contribution in [0.25, 0.3) is 22.4 Å². The Bertz CT molecular complexity index is 875. The Morgan fingerprint density at radius 3 is 2.12 bits per heavy atom. The highest BCUT2D eigenvalue weighted by Gasteiger charge is 2.04. The van der Waals surface area contributed by atoms with Crippen molar-refractivity contribution in [2.75, 3.05) is 0 Å². The van der Waals surface area contributed by atoms with Crippen molar-refractivity contribution in [1.82, 2.24) is 10.2 Å². The van der Waals surface area contributed by atoms with Crippen molar-refractivity contribution in [3.05, 3.63) is 66.2 Å². The molecule has 0 saturated heterocycles. The number of fused-ring (bicyclic) bond motifs is 1. The van der Waals surface area contributed by atoms with Crippen LogP contribution in [0, 0.1) is 13.8 Å². The highest BCUT2D eigenvalue weighted by atomic mass is 16.4. The summed E-state index contributed by atoms with van der Waals surface area (Å²) in [5, 5.41) is 17.8. The van der Waals surface area contributed by atoms with Crippen LogP contribution < -0.4 is 0 Å². The van der Waals surface area contributed by atoms with Crippen LogP contribution in [0.5, 0.6) is 5.75 Å². The van der Waals surface area contributed by atoms with E-state index >= 15 is 0 Å². The number of benzene rings is 2. The van der Waals surface area contributed by atoms with E-state index in [1.54, 1.807) is 31.2 Å². The average molecular weight is 338 g/mol. The lowest BCUT2D eigenvalue weighted by Crippen LogP contribution is -1.76. The van der Waals surface area contributed by atoms with Crippen molar-refractivity contribution >= 4 is 11.0 Å². The van der Waals surface area contributed by atoms with E-state index in [4.69, 9.17) is 13.9 Å². The van der Waals surface area contributed by atoms with Crippen LogP contribution in [0.4, 0.5) is 0 Å². The minimum Gasteiger partial charge on any atom is -0.508 e. The number of hydrogen-bond donors (Lipinski definition) is 1. The predicted molar refractivity (Wildman–Crippen MR) is 98.4 cm³/mol. The molecule has 0 aliphatic rings. The molecule has 5 heteroatoms. The molecule has 0 spiro atoms. The van der Waals surface area contributed by atoms with E-state index in [2.05, 4.69) is 10.2 Å². The van der Waals surface area contributed by atoms with Gasteiger partial charge in [-0.05, 0) is 43.3 Å². The van der Waals surface area contributed by atoms with Gasteiger partial charge in [0, 0.05) is 17.9 Å². The number of aromatic nitrogens is 2. The van der Waals surface area contributed by atoms with Gasteiger partial charge in [0.05, 0.1) is 0 Å². The number of hydrogen-bond acceptors (Lipinski definition) is 5. The first-order valence-electron chi connectivity index (χ1n) is 8.16. The van der Waals surface area contributed by atoms with Crippen molar-refractivity contribution < 1.29 is 13.9 Å². The van der Waals surface area contributed by atoms with Crippen LogP contribution in [0.1, 0.15) is 25.5 Å². The third-order valence-electron chi connectivity index (χ3n) is 3.19. The second-order valence-electron chi connectivity index (χ2n) is 5.07. The van der Waals surface area contributed by atoms with E-state index in [-0.39, 0.29) is 5.75 Å². The molecule has 130 valence electrons. The number of phenols is 1. The van der Waals surface area contributed by atoms with Gasteiger partial charge in [0.15, 0.2) is 0 Å². The van der Waals surface area contributed by atoms with Gasteiger partial charge in [-0.25, -0.2) is 0 Å². The highest BCUT2D eigenvalue weighted by molar-refractivity contribution is 5.77. The Balaban J connectivity index is 0.000000168. The van der Waals surface area contributed by atoms with Gasteiger partial charge in [-0.3, -0.25) is 0 Å². The minimum absolute atomic E-state index is 0.222. The molecule has 4 aromatic rings. The fourth-order valence-corrected chi connectivity index (χ4v) is 2.13. The highest BCUT2D eigenvalue weighted by Crippen LogP contribution is 2.20. The number of aryl methyl sites for hydroxylation is 2. The number of phenolic OH excluding ortho intramolecular Hbond substituents is 1. The van der Waals surface area contributed by atoms with Crippen molar-refractivity contribution in [3.8, 4) is 17.2 Å². The molecule has 25 heavy (non-hydrogen) atoms. The zero-order valence-electron chi connectivity index (χ0n) is 14.9. The molecular weight excluding hydrogens is 316 g/mol. The smallest absolute Gasteiger partial charge is 0.247 e. The number of nitrogens with zero attached hydrogens (tertiary/aromatic N) is 2. The SMILES string of the molecule is CC.Cc1cc2ccccc2o1.Cc1nnc(-c2ccc(O)cc2)o1. The average Bonchev–Trinajstić information content (AvgIpc) is 3.22. The van der Waals surface area contributed by atoms with Crippen LogP contribution in [-0.2, 0) is 0 Å². The van der Waals surface area contributed by atoms with Crippen molar-refractivity contribution in [3.63, 3.8) is 0 Å². The van der Waals surface area contributed by atoms with Crippen molar-refractivity contribution in [2.45, 2.75) is 27.7 Å². The summed E-state index contributed by atoms with van der Waals surface area (Å²) in [6.45, 7) is 7.69. The van der Waals surface area contributed by atoms with Gasteiger partial charge in [-0.1, -0.05) is 32.0 Å². The molecule has 0 saturated carbocycles. The summed E-state index contributed by atoms with van der Waals surface area (Å²) < 4.78 is 10.6. The first kappa shape index (κ1) is 18.3. The summed E-state index contributed by atoms with van der Waals surface area (Å²) in [5.74, 6) is 2.20. The van der Waals surface area contributed by atoms with E-state index in [0.717, 1.165) is 16.9 Å². The molecule has 0 atom stereocenters. The van der Waals surface area contributed by atoms with Crippen molar-refractivity contribution in [2.24, 2.45) is 0 Å². The number of rotatable bonds is 1. The van der Waals surface area contributed by atoms with Crippen LogP contribution in [0.3, 0.4) is 0 Å². The molecule has 4 rings (SSSR count). The molecule has 1 N–H and O–H groups in total. The summed E-state index contributed by atoms with van der Waals surface area (Å²) in [6, 6.07) is 16.7. The van der Waals surface area contributed by atoms with E-state index in [1.165, 1.54) is 5.39 Å². The molecule has 0 aliphatic heterocycles. The van der Waals surface area contributed by atoms with Gasteiger partial charge >= 0.3 is 0 Å². The topological polar surface area (TPSA) is 72.3 Å². The van der Waals surface area contributed by atoms with Gasteiger partial charge < -0.3 is 13.9 Å². The second-order valence-corrected chi connectivity index (χ2v) is 5.07. The Hall–Kier alpha value is -3.08. The number of aromatic hydroxyl groups is 1. The maximum absolute atomic E-state index is 9.04. The molecule has 0 amide bonds. The quantitative estimate of drug-likeness (QED) is 0.495. The normalized spacial score (nSPS) is 9.76. The summed E-state index contributed by atoms with van der Waals surface area (Å²) in [5.41, 5.74) is 1.78. The lowest BCUT2D eigenvalue weighted by Gasteiger charge is -1.93. The van der Waals surface area contributed by atoms with Gasteiger partial charge in [0.2, 0.25) is 11.8 Å². The molecule has 0 bridgehead atoms. The monoisotopic (exact) mass is 338 g/mol. The molecule has 2 aromatic heterocycles. The van der Waals surface area contributed by atoms with Crippen LogP contribution >= 0.6 is 0 Å². The fourth-order valence-electron chi connectivity index (χ4n) is 2.13. The first-order chi connectivity index (χ1) is 12.1. The lowest BCUT2D eigenvalue weighted by molar-refractivity contribution is 0.475. The maximum Gasteiger partial charge on any atom is 0.247 e. The zero-order chi connectivity index (χ0) is 18.2. The molecule has 0 aliphatic carbocycles. The van der Waals surface area contributed by atoms with Crippen LogP contribution in [-0.4, -0.2) is 15.3 Å². The Kier molecular flexibility index (Phi) is 6.34. The number of furan rings is 1. The Labute approximate surface area is 146 Å². The molecule has 0 radical (unpaired) electrons. The predicted octanol–water partition coefficient (Wildman–Crippen LogP) is 5.52. The van der Waals surface area contributed by atoms with E-state index in [9.17, 15) is 0 Å². The lowest BCUT2D eigenvalue weighted by atomic mass is 10.2. The second kappa shape index (κ2) is 8.68. The minimum atomic E-state index is 0.222. The van der Waals surface area contributed by atoms with Crippen LogP contribution in [0.15, 0.2) is 63.4 Å². The summed E-state index contributed by atoms with van der Waals surface area (Å²) in [7, 11) is 0. The Morgan fingerprint density at radius 2 is 1.52 bits per heavy atom. The molecular formula is C20H22N2O3.